The van der Waals surface area contributed by atoms with Gasteiger partial charge in [0, 0.05) is 11.6 Å². The highest BCUT2D eigenvalue weighted by Gasteiger charge is 1.89. The maximum Gasteiger partial charge on any atom is 0.0556 e. The first-order chi connectivity index (χ1) is 4.47. The molecule has 0 saturated heterocycles. The monoisotopic (exact) mass is 134 g/mol. The van der Waals surface area contributed by atoms with E-state index < -0.39 is 0 Å². The van der Waals surface area contributed by atoms with Crippen LogP contribution in [-0.2, 0) is 0 Å². The lowest BCUT2D eigenvalue weighted by molar-refractivity contribution is 1.61. The maximum absolute atomic E-state index is 4.02. The number of fused-ring (bicyclic) bond motifs is 1. The fourth-order valence-corrected chi connectivity index (χ4v) is 1.38. The molecule has 0 unspecified atom stereocenters. The third-order valence-corrected chi connectivity index (χ3v) is 1.96. The van der Waals surface area contributed by atoms with E-state index in [9.17, 15) is 0 Å². The standard InChI is InChI=1S/C7H4NS/c1-2-4-7-6(3-1)5-8-9-7/h1,3-5H. The largest absolute Gasteiger partial charge is 0.200 e. The Morgan fingerprint density at radius 3 is 3.44 bits per heavy atom. The van der Waals surface area contributed by atoms with Crippen LogP contribution in [-0.4, -0.2) is 4.37 Å². The Labute approximate surface area is 57.1 Å². The fraction of sp³-hybridized carbons (Fsp3) is 0. The molecule has 0 bridgehead atoms. The second-order valence-electron chi connectivity index (χ2n) is 1.79. The van der Waals surface area contributed by atoms with Gasteiger partial charge in [-0.2, -0.15) is 4.37 Å². The minimum atomic E-state index is 1.21. The van der Waals surface area contributed by atoms with Gasteiger partial charge in [0.25, 0.3) is 0 Å². The summed E-state index contributed by atoms with van der Waals surface area (Å²) in [4.78, 5) is 0. The van der Waals surface area contributed by atoms with Crippen molar-refractivity contribution in [2.24, 2.45) is 0 Å². The van der Waals surface area contributed by atoms with Gasteiger partial charge in [0.2, 0.25) is 0 Å². The van der Waals surface area contributed by atoms with E-state index in [0.717, 1.165) is 0 Å². The molecule has 1 aromatic carbocycles. The fourth-order valence-electron chi connectivity index (χ4n) is 0.753. The van der Waals surface area contributed by atoms with Crippen molar-refractivity contribution >= 4 is 21.6 Å². The Bertz CT molecular complexity index is 283. The van der Waals surface area contributed by atoms with Crippen LogP contribution < -0.4 is 0 Å². The van der Waals surface area contributed by atoms with Crippen LogP contribution in [0.5, 0.6) is 0 Å². The van der Waals surface area contributed by atoms with Crippen molar-refractivity contribution in [2.45, 2.75) is 0 Å². The summed E-state index contributed by atoms with van der Waals surface area (Å²) in [6.07, 6.45) is 1.87. The van der Waals surface area contributed by atoms with E-state index in [-0.39, 0.29) is 0 Å². The van der Waals surface area contributed by atoms with Crippen LogP contribution >= 0.6 is 11.5 Å². The van der Waals surface area contributed by atoms with Crippen LogP contribution in [0.3, 0.4) is 0 Å². The normalized spacial score (nSPS) is 10.2. The van der Waals surface area contributed by atoms with Crippen LogP contribution in [0.2, 0.25) is 0 Å². The lowest BCUT2D eigenvalue weighted by Crippen LogP contribution is -1.57. The average molecular weight is 134 g/mol. The summed E-state index contributed by atoms with van der Waals surface area (Å²) >= 11 is 1.51. The molecule has 0 aliphatic rings. The first kappa shape index (κ1) is 4.94. The molecule has 0 aliphatic heterocycles. The lowest BCUT2D eigenvalue weighted by Gasteiger charge is -1.79. The van der Waals surface area contributed by atoms with E-state index in [1.165, 1.54) is 21.6 Å². The highest BCUT2D eigenvalue weighted by Crippen LogP contribution is 2.15. The number of hydrogen-bond donors (Lipinski definition) is 0. The molecule has 9 heavy (non-hydrogen) atoms. The lowest BCUT2D eigenvalue weighted by atomic mass is 10.3. The summed E-state index contributed by atoms with van der Waals surface area (Å²) in [5, 5.41) is 1.21. The van der Waals surface area contributed by atoms with Crippen LogP contribution in [0.1, 0.15) is 0 Å². The molecule has 43 valence electrons. The summed E-state index contributed by atoms with van der Waals surface area (Å²) < 4.78 is 5.23. The maximum atomic E-state index is 4.02. The highest BCUT2D eigenvalue weighted by molar-refractivity contribution is 7.13. The SMILES string of the molecule is [c]1ccc2cnsc2c1. The summed E-state index contributed by atoms with van der Waals surface area (Å²) in [6, 6.07) is 8.86. The molecule has 0 amide bonds. The summed E-state index contributed by atoms with van der Waals surface area (Å²) in [5.74, 6) is 0. The first-order valence-electron chi connectivity index (χ1n) is 2.67. The molecule has 0 atom stereocenters. The first-order valence-corrected chi connectivity index (χ1v) is 3.45. The smallest absolute Gasteiger partial charge is 0.0556 e. The van der Waals surface area contributed by atoms with Gasteiger partial charge in [0.1, 0.15) is 0 Å². The topological polar surface area (TPSA) is 12.9 Å². The van der Waals surface area contributed by atoms with Crippen LogP contribution in [0.25, 0.3) is 10.1 Å². The quantitative estimate of drug-likeness (QED) is 0.537. The van der Waals surface area contributed by atoms with Gasteiger partial charge in [-0.3, -0.25) is 0 Å². The van der Waals surface area contributed by atoms with Gasteiger partial charge in [0.05, 0.1) is 4.70 Å². The van der Waals surface area contributed by atoms with Crippen LogP contribution in [0.4, 0.5) is 0 Å². The van der Waals surface area contributed by atoms with Crippen molar-refractivity contribution in [1.29, 1.82) is 0 Å². The van der Waals surface area contributed by atoms with Crippen molar-refractivity contribution in [3.63, 3.8) is 0 Å². The molecule has 1 radical (unpaired) electrons. The second kappa shape index (κ2) is 1.81. The van der Waals surface area contributed by atoms with Gasteiger partial charge in [-0.1, -0.05) is 12.1 Å². The van der Waals surface area contributed by atoms with E-state index in [1.54, 1.807) is 0 Å². The Balaban J connectivity index is 2.95. The molecule has 1 aromatic heterocycles. The van der Waals surface area contributed by atoms with Crippen molar-refractivity contribution in [3.8, 4) is 0 Å². The Hall–Kier alpha value is -0.890. The van der Waals surface area contributed by atoms with Crippen LogP contribution in [0, 0.1) is 6.07 Å². The van der Waals surface area contributed by atoms with E-state index in [2.05, 4.69) is 10.4 Å². The number of aromatic nitrogens is 1. The van der Waals surface area contributed by atoms with E-state index >= 15 is 0 Å². The number of hydrogen-bond acceptors (Lipinski definition) is 2. The summed E-state index contributed by atoms with van der Waals surface area (Å²) in [6.45, 7) is 0. The van der Waals surface area contributed by atoms with Gasteiger partial charge in [-0.25, -0.2) is 0 Å². The molecule has 0 spiro atoms. The number of benzene rings is 1. The second-order valence-corrected chi connectivity index (χ2v) is 2.62. The third-order valence-electron chi connectivity index (χ3n) is 1.20. The molecule has 0 fully saturated rings. The number of rotatable bonds is 0. The highest BCUT2D eigenvalue weighted by atomic mass is 32.1. The zero-order valence-corrected chi connectivity index (χ0v) is 5.48. The predicted octanol–water partition coefficient (Wildman–Crippen LogP) is 2.10. The number of nitrogens with zero attached hydrogens (tertiary/aromatic N) is 1. The molecule has 0 aliphatic carbocycles. The molecule has 1 heterocycles. The van der Waals surface area contributed by atoms with Gasteiger partial charge < -0.3 is 0 Å². The van der Waals surface area contributed by atoms with Gasteiger partial charge in [0.15, 0.2) is 0 Å². The van der Waals surface area contributed by atoms with Gasteiger partial charge in [-0.15, -0.1) is 0 Å². The molecular formula is C7H4NS. The van der Waals surface area contributed by atoms with E-state index in [0.29, 0.717) is 0 Å². The van der Waals surface area contributed by atoms with E-state index in [1.807, 2.05) is 24.4 Å². The van der Waals surface area contributed by atoms with Crippen molar-refractivity contribution < 1.29 is 0 Å². The van der Waals surface area contributed by atoms with Gasteiger partial charge >= 0.3 is 0 Å². The average Bonchev–Trinajstić information content (AvgIpc) is 2.33. The van der Waals surface area contributed by atoms with Crippen LogP contribution in [0.15, 0.2) is 24.4 Å². The molecule has 0 N–H and O–H groups in total. The Morgan fingerprint density at radius 2 is 2.56 bits per heavy atom. The molecule has 0 saturated carbocycles. The third kappa shape index (κ3) is 0.715. The Morgan fingerprint density at radius 1 is 1.56 bits per heavy atom. The minimum absolute atomic E-state index is 1.21. The predicted molar refractivity (Wildman–Crippen MR) is 38.5 cm³/mol. The van der Waals surface area contributed by atoms with Crippen molar-refractivity contribution in [1.82, 2.24) is 4.37 Å². The zero-order chi connectivity index (χ0) is 6.10. The molecule has 1 nitrogen and oxygen atoms in total. The Kier molecular flexibility index (Phi) is 0.993. The molecular weight excluding hydrogens is 130 g/mol. The summed E-state index contributed by atoms with van der Waals surface area (Å²) in [5.41, 5.74) is 0. The molecule has 2 rings (SSSR count). The van der Waals surface area contributed by atoms with E-state index in [4.69, 9.17) is 0 Å². The van der Waals surface area contributed by atoms with Gasteiger partial charge in [-0.05, 0) is 23.7 Å². The molecule has 2 heteroatoms. The zero-order valence-electron chi connectivity index (χ0n) is 4.66. The van der Waals surface area contributed by atoms with Crippen molar-refractivity contribution in [3.05, 3.63) is 30.5 Å². The van der Waals surface area contributed by atoms with Crippen molar-refractivity contribution in [2.75, 3.05) is 0 Å². The summed E-state index contributed by atoms with van der Waals surface area (Å²) in [7, 11) is 0. The minimum Gasteiger partial charge on any atom is -0.200 e. The molecule has 2 aromatic rings.